The first-order chi connectivity index (χ1) is 8.41. The number of carbonyl (C=O) groups excluding carboxylic acids is 1. The van der Waals surface area contributed by atoms with Crippen LogP contribution in [0.25, 0.3) is 0 Å². The topological polar surface area (TPSA) is 64.1 Å². The summed E-state index contributed by atoms with van der Waals surface area (Å²) in [5.41, 5.74) is 0. The maximum atomic E-state index is 12.2. The van der Waals surface area contributed by atoms with Crippen LogP contribution in [0.15, 0.2) is 0 Å². The van der Waals surface area contributed by atoms with E-state index in [4.69, 9.17) is 5.11 Å². The minimum atomic E-state index is -0.877. The smallest absolute Gasteiger partial charge is 0.320 e. The summed E-state index contributed by atoms with van der Waals surface area (Å²) in [5.74, 6) is -0.877. The third-order valence-corrected chi connectivity index (χ3v) is 3.28. The van der Waals surface area contributed by atoms with Crippen molar-refractivity contribution in [2.24, 2.45) is 0 Å². The van der Waals surface area contributed by atoms with Crippen LogP contribution in [0.2, 0.25) is 0 Å². The van der Waals surface area contributed by atoms with Crippen molar-refractivity contribution in [3.63, 3.8) is 0 Å². The largest absolute Gasteiger partial charge is 0.481 e. The molecule has 0 spiro atoms. The van der Waals surface area contributed by atoms with Crippen LogP contribution >= 0.6 is 0 Å². The summed E-state index contributed by atoms with van der Waals surface area (Å²) in [6.07, 6.45) is 0.948. The second kappa shape index (κ2) is 6.58. The minimum absolute atomic E-state index is 0.00956. The van der Waals surface area contributed by atoms with Gasteiger partial charge in [0.05, 0.1) is 6.42 Å². The van der Waals surface area contributed by atoms with Gasteiger partial charge in [0.1, 0.15) is 0 Å². The van der Waals surface area contributed by atoms with Gasteiger partial charge in [0.2, 0.25) is 0 Å². The van der Waals surface area contributed by atoms with Gasteiger partial charge in [-0.25, -0.2) is 4.79 Å². The van der Waals surface area contributed by atoms with Gasteiger partial charge in [-0.2, -0.15) is 0 Å². The van der Waals surface area contributed by atoms with E-state index < -0.39 is 5.97 Å². The van der Waals surface area contributed by atoms with Gasteiger partial charge in [0.15, 0.2) is 0 Å². The second-order valence-corrected chi connectivity index (χ2v) is 5.01. The van der Waals surface area contributed by atoms with Crippen molar-refractivity contribution in [2.75, 3.05) is 40.3 Å². The predicted molar refractivity (Wildman–Crippen MR) is 68.6 cm³/mol. The molecule has 0 aromatic carbocycles. The monoisotopic (exact) mass is 257 g/mol. The van der Waals surface area contributed by atoms with Crippen molar-refractivity contribution in [1.82, 2.24) is 14.7 Å². The second-order valence-electron chi connectivity index (χ2n) is 5.01. The summed E-state index contributed by atoms with van der Waals surface area (Å²) in [6, 6.07) is 0.0938. The molecule has 2 amide bonds. The third-order valence-electron chi connectivity index (χ3n) is 3.28. The van der Waals surface area contributed by atoms with Crippen LogP contribution in [-0.4, -0.2) is 78.1 Å². The lowest BCUT2D eigenvalue weighted by Gasteiger charge is -2.31. The zero-order chi connectivity index (χ0) is 13.7. The molecule has 1 rings (SSSR count). The van der Waals surface area contributed by atoms with E-state index in [2.05, 4.69) is 11.9 Å². The van der Waals surface area contributed by atoms with Gasteiger partial charge in [-0.05, 0) is 26.9 Å². The molecule has 1 N–H and O–H groups in total. The molecule has 1 fully saturated rings. The highest BCUT2D eigenvalue weighted by atomic mass is 16.4. The number of hydrogen-bond acceptors (Lipinski definition) is 3. The minimum Gasteiger partial charge on any atom is -0.481 e. The highest BCUT2D eigenvalue weighted by Crippen LogP contribution is 2.11. The average molecular weight is 257 g/mol. The van der Waals surface area contributed by atoms with Crippen molar-refractivity contribution < 1.29 is 14.7 Å². The number of nitrogens with zero attached hydrogens (tertiary/aromatic N) is 3. The molecule has 1 unspecified atom stereocenters. The van der Waals surface area contributed by atoms with Crippen LogP contribution in [0.1, 0.15) is 19.8 Å². The van der Waals surface area contributed by atoms with Gasteiger partial charge < -0.3 is 19.8 Å². The molecular weight excluding hydrogens is 234 g/mol. The van der Waals surface area contributed by atoms with Crippen molar-refractivity contribution in [3.05, 3.63) is 0 Å². The molecule has 0 radical (unpaired) electrons. The standard InChI is InChI=1S/C12H23N3O3/c1-10-9-13(2)6-4-7-15(10)12(18)14(3)8-5-11(16)17/h10H,4-9H2,1-3H3,(H,16,17). The van der Waals surface area contributed by atoms with E-state index in [1.807, 2.05) is 11.8 Å². The molecule has 0 aromatic heterocycles. The maximum Gasteiger partial charge on any atom is 0.320 e. The van der Waals surface area contributed by atoms with E-state index in [0.717, 1.165) is 26.1 Å². The van der Waals surface area contributed by atoms with Crippen LogP contribution in [0.4, 0.5) is 4.79 Å². The molecule has 0 saturated carbocycles. The Hall–Kier alpha value is -1.30. The number of carboxylic acid groups (broad SMARTS) is 1. The van der Waals surface area contributed by atoms with Crippen LogP contribution < -0.4 is 0 Å². The van der Waals surface area contributed by atoms with Gasteiger partial charge in [-0.15, -0.1) is 0 Å². The SMILES string of the molecule is CC1CN(C)CCCN1C(=O)N(C)CCC(=O)O. The van der Waals surface area contributed by atoms with Gasteiger partial charge in [0, 0.05) is 32.7 Å². The van der Waals surface area contributed by atoms with Crippen LogP contribution in [0, 0.1) is 0 Å². The van der Waals surface area contributed by atoms with Crippen molar-refractivity contribution in [2.45, 2.75) is 25.8 Å². The Morgan fingerprint density at radius 3 is 2.67 bits per heavy atom. The number of rotatable bonds is 3. The molecular formula is C12H23N3O3. The summed E-state index contributed by atoms with van der Waals surface area (Å²) in [4.78, 5) is 28.3. The summed E-state index contributed by atoms with van der Waals surface area (Å²) < 4.78 is 0. The summed E-state index contributed by atoms with van der Waals surface area (Å²) in [5, 5.41) is 8.63. The molecule has 1 aliphatic heterocycles. The quantitative estimate of drug-likeness (QED) is 0.801. The first kappa shape index (κ1) is 14.8. The van der Waals surface area contributed by atoms with E-state index in [9.17, 15) is 9.59 Å². The van der Waals surface area contributed by atoms with Crippen molar-refractivity contribution in [1.29, 1.82) is 0 Å². The summed E-state index contributed by atoms with van der Waals surface area (Å²) in [7, 11) is 3.71. The first-order valence-corrected chi connectivity index (χ1v) is 6.34. The number of aliphatic carboxylic acids is 1. The Morgan fingerprint density at radius 2 is 2.06 bits per heavy atom. The summed E-state index contributed by atoms with van der Waals surface area (Å²) in [6.45, 7) is 4.88. The molecule has 1 saturated heterocycles. The van der Waals surface area contributed by atoms with Crippen LogP contribution in [0.3, 0.4) is 0 Å². The Kier molecular flexibility index (Phi) is 5.40. The van der Waals surface area contributed by atoms with Crippen molar-refractivity contribution in [3.8, 4) is 0 Å². The normalized spacial score (nSPS) is 21.5. The maximum absolute atomic E-state index is 12.2. The van der Waals surface area contributed by atoms with E-state index in [1.165, 1.54) is 4.90 Å². The zero-order valence-corrected chi connectivity index (χ0v) is 11.4. The molecule has 1 atom stereocenters. The average Bonchev–Trinajstić information content (AvgIpc) is 2.45. The molecule has 0 aliphatic carbocycles. The highest BCUT2D eigenvalue weighted by Gasteiger charge is 2.26. The lowest BCUT2D eigenvalue weighted by atomic mass is 10.3. The van der Waals surface area contributed by atoms with E-state index >= 15 is 0 Å². The van der Waals surface area contributed by atoms with Crippen LogP contribution in [0.5, 0.6) is 0 Å². The van der Waals surface area contributed by atoms with Crippen molar-refractivity contribution >= 4 is 12.0 Å². The predicted octanol–water partition coefficient (Wildman–Crippen LogP) is 0.539. The summed E-state index contributed by atoms with van der Waals surface area (Å²) >= 11 is 0. The molecule has 0 aromatic rings. The van der Waals surface area contributed by atoms with E-state index in [0.29, 0.717) is 0 Å². The Bertz CT molecular complexity index is 309. The number of likely N-dealkylation sites (N-methyl/N-ethyl adjacent to an activating group) is 1. The number of amides is 2. The number of carbonyl (C=O) groups is 2. The van der Waals surface area contributed by atoms with Gasteiger partial charge in [-0.1, -0.05) is 0 Å². The molecule has 0 bridgehead atoms. The lowest BCUT2D eigenvalue weighted by Crippen LogP contribution is -2.48. The van der Waals surface area contributed by atoms with Gasteiger partial charge >= 0.3 is 12.0 Å². The molecule has 6 nitrogen and oxygen atoms in total. The molecule has 104 valence electrons. The van der Waals surface area contributed by atoms with Gasteiger partial charge in [0.25, 0.3) is 0 Å². The Labute approximate surface area is 108 Å². The third kappa shape index (κ3) is 4.18. The fourth-order valence-electron chi connectivity index (χ4n) is 2.23. The molecule has 6 heteroatoms. The van der Waals surface area contributed by atoms with Gasteiger partial charge in [-0.3, -0.25) is 4.79 Å². The number of hydrogen-bond donors (Lipinski definition) is 1. The highest BCUT2D eigenvalue weighted by molar-refractivity contribution is 5.75. The van der Waals surface area contributed by atoms with E-state index in [1.54, 1.807) is 7.05 Å². The van der Waals surface area contributed by atoms with E-state index in [-0.39, 0.29) is 25.0 Å². The Balaban J connectivity index is 2.55. The number of urea groups is 1. The Morgan fingerprint density at radius 1 is 1.39 bits per heavy atom. The lowest BCUT2D eigenvalue weighted by molar-refractivity contribution is -0.137. The van der Waals surface area contributed by atoms with Crippen LogP contribution in [-0.2, 0) is 4.79 Å². The first-order valence-electron chi connectivity index (χ1n) is 6.34. The fraction of sp³-hybridized carbons (Fsp3) is 0.833. The zero-order valence-electron chi connectivity index (χ0n) is 11.4. The molecule has 1 aliphatic rings. The number of carboxylic acids is 1. The molecule has 18 heavy (non-hydrogen) atoms. The fourth-order valence-corrected chi connectivity index (χ4v) is 2.23. The molecule has 1 heterocycles.